The summed E-state index contributed by atoms with van der Waals surface area (Å²) in [4.78, 5) is 4.10. The summed E-state index contributed by atoms with van der Waals surface area (Å²) in [5.41, 5.74) is 0. The smallest absolute Gasteiger partial charge is 0.371 e. The van der Waals surface area contributed by atoms with E-state index in [4.69, 9.17) is 0 Å². The predicted octanol–water partition coefficient (Wildman–Crippen LogP) is 0.761. The van der Waals surface area contributed by atoms with Crippen molar-refractivity contribution in [1.82, 2.24) is 20.1 Å². The fraction of sp³-hybridized carbons (Fsp3) is 0.800. The van der Waals surface area contributed by atoms with Gasteiger partial charge in [0.1, 0.15) is 18.8 Å². The SMILES string of the molecule is FC(F)(F)COCCNC1CCc2ncnn2C1. The largest absolute Gasteiger partial charge is 0.411 e. The molecule has 0 aromatic carbocycles. The van der Waals surface area contributed by atoms with Gasteiger partial charge in [-0.1, -0.05) is 0 Å². The van der Waals surface area contributed by atoms with Gasteiger partial charge in [0, 0.05) is 19.0 Å². The Kier molecular flexibility index (Phi) is 4.18. The second kappa shape index (κ2) is 5.66. The molecule has 1 aromatic rings. The number of hydrogen-bond donors (Lipinski definition) is 1. The highest BCUT2D eigenvalue weighted by Gasteiger charge is 2.27. The van der Waals surface area contributed by atoms with E-state index in [0.29, 0.717) is 13.1 Å². The van der Waals surface area contributed by atoms with Crippen LogP contribution < -0.4 is 5.32 Å². The van der Waals surface area contributed by atoms with Crippen LogP contribution in [0.4, 0.5) is 13.2 Å². The summed E-state index contributed by atoms with van der Waals surface area (Å²) in [5, 5.41) is 7.23. The lowest BCUT2D eigenvalue weighted by Crippen LogP contribution is -2.39. The minimum atomic E-state index is -4.25. The van der Waals surface area contributed by atoms with Crippen molar-refractivity contribution in [2.24, 2.45) is 0 Å². The monoisotopic (exact) mass is 264 g/mol. The molecular formula is C10H15F3N4O. The number of nitrogens with zero attached hydrogens (tertiary/aromatic N) is 3. The fourth-order valence-electron chi connectivity index (χ4n) is 1.93. The van der Waals surface area contributed by atoms with Crippen LogP contribution in [0.1, 0.15) is 12.2 Å². The average Bonchev–Trinajstić information content (AvgIpc) is 2.74. The maximum absolute atomic E-state index is 11.8. The van der Waals surface area contributed by atoms with E-state index in [1.54, 1.807) is 0 Å². The van der Waals surface area contributed by atoms with E-state index in [-0.39, 0.29) is 12.6 Å². The molecule has 102 valence electrons. The molecule has 1 N–H and O–H groups in total. The highest BCUT2D eigenvalue weighted by molar-refractivity contribution is 4.92. The molecule has 1 aromatic heterocycles. The molecule has 1 unspecified atom stereocenters. The second-order valence-corrected chi connectivity index (χ2v) is 4.22. The van der Waals surface area contributed by atoms with Crippen LogP contribution in [0.5, 0.6) is 0 Å². The Hall–Kier alpha value is -1.15. The lowest BCUT2D eigenvalue weighted by atomic mass is 10.1. The average molecular weight is 264 g/mol. The van der Waals surface area contributed by atoms with E-state index < -0.39 is 12.8 Å². The maximum atomic E-state index is 11.8. The van der Waals surface area contributed by atoms with Gasteiger partial charge in [-0.3, -0.25) is 0 Å². The zero-order valence-electron chi connectivity index (χ0n) is 9.78. The maximum Gasteiger partial charge on any atom is 0.411 e. The molecule has 0 saturated heterocycles. The molecule has 18 heavy (non-hydrogen) atoms. The minimum absolute atomic E-state index is 0.0558. The van der Waals surface area contributed by atoms with Gasteiger partial charge in [-0.15, -0.1) is 0 Å². The number of fused-ring (bicyclic) bond motifs is 1. The summed E-state index contributed by atoms with van der Waals surface area (Å²) in [5.74, 6) is 0.960. The van der Waals surface area contributed by atoms with Crippen molar-refractivity contribution in [3.05, 3.63) is 12.2 Å². The molecule has 2 rings (SSSR count). The molecule has 1 aliphatic heterocycles. The Morgan fingerprint density at radius 1 is 1.50 bits per heavy atom. The number of ether oxygens (including phenoxy) is 1. The number of alkyl halides is 3. The molecule has 0 aliphatic carbocycles. The number of halogens is 3. The molecule has 0 saturated carbocycles. The molecule has 0 bridgehead atoms. The van der Waals surface area contributed by atoms with E-state index >= 15 is 0 Å². The van der Waals surface area contributed by atoms with Gasteiger partial charge in [-0.25, -0.2) is 9.67 Å². The predicted molar refractivity (Wildman–Crippen MR) is 57.0 cm³/mol. The van der Waals surface area contributed by atoms with Crippen molar-refractivity contribution < 1.29 is 17.9 Å². The second-order valence-electron chi connectivity index (χ2n) is 4.22. The normalized spacial score (nSPS) is 19.8. The van der Waals surface area contributed by atoms with Gasteiger partial charge in [-0.2, -0.15) is 18.3 Å². The lowest BCUT2D eigenvalue weighted by Gasteiger charge is -2.23. The van der Waals surface area contributed by atoms with Crippen molar-refractivity contribution in [2.45, 2.75) is 31.6 Å². The van der Waals surface area contributed by atoms with E-state index in [1.165, 1.54) is 6.33 Å². The number of hydrogen-bond acceptors (Lipinski definition) is 4. The van der Waals surface area contributed by atoms with Gasteiger partial charge in [0.15, 0.2) is 0 Å². The molecule has 1 aliphatic rings. The Labute approximate surface area is 102 Å². The zero-order chi connectivity index (χ0) is 13.0. The third-order valence-electron chi connectivity index (χ3n) is 2.75. The summed E-state index contributed by atoms with van der Waals surface area (Å²) in [6.45, 7) is -0.0217. The fourth-order valence-corrected chi connectivity index (χ4v) is 1.93. The first-order valence-corrected chi connectivity index (χ1v) is 5.79. The molecular weight excluding hydrogens is 249 g/mol. The summed E-state index contributed by atoms with van der Waals surface area (Å²) in [6, 6.07) is 0.216. The minimum Gasteiger partial charge on any atom is -0.371 e. The van der Waals surface area contributed by atoms with Crippen molar-refractivity contribution in [2.75, 3.05) is 19.8 Å². The van der Waals surface area contributed by atoms with Gasteiger partial charge < -0.3 is 10.1 Å². The van der Waals surface area contributed by atoms with Crippen LogP contribution in [0.2, 0.25) is 0 Å². The van der Waals surface area contributed by atoms with Gasteiger partial charge in [0.2, 0.25) is 0 Å². The van der Waals surface area contributed by atoms with Gasteiger partial charge in [0.05, 0.1) is 13.2 Å². The van der Waals surface area contributed by atoms with Gasteiger partial charge >= 0.3 is 6.18 Å². The van der Waals surface area contributed by atoms with Crippen LogP contribution in [-0.2, 0) is 17.7 Å². The summed E-state index contributed by atoms with van der Waals surface area (Å²) in [7, 11) is 0. The van der Waals surface area contributed by atoms with Crippen LogP contribution in [0.3, 0.4) is 0 Å². The van der Waals surface area contributed by atoms with Crippen molar-refractivity contribution in [3.8, 4) is 0 Å². The molecule has 8 heteroatoms. The Morgan fingerprint density at radius 2 is 2.33 bits per heavy atom. The third-order valence-corrected chi connectivity index (χ3v) is 2.75. The van der Waals surface area contributed by atoms with Crippen molar-refractivity contribution in [3.63, 3.8) is 0 Å². The number of aryl methyl sites for hydroxylation is 1. The molecule has 1 atom stereocenters. The quantitative estimate of drug-likeness (QED) is 0.798. The highest BCUT2D eigenvalue weighted by atomic mass is 19.4. The highest BCUT2D eigenvalue weighted by Crippen LogP contribution is 2.14. The topological polar surface area (TPSA) is 52.0 Å². The van der Waals surface area contributed by atoms with E-state index in [2.05, 4.69) is 20.1 Å². The summed E-state index contributed by atoms with van der Waals surface area (Å²) in [6.07, 6.45) is -0.982. The molecule has 0 radical (unpaired) electrons. The van der Waals surface area contributed by atoms with Crippen LogP contribution in [0, 0.1) is 0 Å². The third kappa shape index (κ3) is 3.95. The summed E-state index contributed by atoms with van der Waals surface area (Å²) < 4.78 is 41.7. The molecule has 0 amide bonds. The van der Waals surface area contributed by atoms with E-state index in [1.807, 2.05) is 4.68 Å². The standard InChI is InChI=1S/C10H15F3N4O/c11-10(12,13)6-18-4-3-14-8-1-2-9-15-7-16-17(9)5-8/h7-8,14H,1-6H2. The van der Waals surface area contributed by atoms with Crippen LogP contribution in [-0.4, -0.2) is 46.7 Å². The van der Waals surface area contributed by atoms with Gasteiger partial charge in [0.25, 0.3) is 0 Å². The Bertz CT molecular complexity index is 379. The van der Waals surface area contributed by atoms with Crippen LogP contribution in [0.25, 0.3) is 0 Å². The first-order chi connectivity index (χ1) is 8.54. The molecule has 5 nitrogen and oxygen atoms in total. The summed E-state index contributed by atoms with van der Waals surface area (Å²) >= 11 is 0. The molecule has 0 fully saturated rings. The number of aromatic nitrogens is 3. The van der Waals surface area contributed by atoms with Crippen molar-refractivity contribution >= 4 is 0 Å². The first kappa shape index (κ1) is 13.3. The van der Waals surface area contributed by atoms with Crippen molar-refractivity contribution in [1.29, 1.82) is 0 Å². The first-order valence-electron chi connectivity index (χ1n) is 5.79. The Morgan fingerprint density at radius 3 is 3.11 bits per heavy atom. The van der Waals surface area contributed by atoms with Crippen LogP contribution >= 0.6 is 0 Å². The van der Waals surface area contributed by atoms with E-state index in [9.17, 15) is 13.2 Å². The lowest BCUT2D eigenvalue weighted by molar-refractivity contribution is -0.173. The molecule has 0 spiro atoms. The zero-order valence-corrected chi connectivity index (χ0v) is 9.78. The number of nitrogens with one attached hydrogen (secondary N) is 1. The molecule has 2 heterocycles. The number of rotatable bonds is 5. The van der Waals surface area contributed by atoms with E-state index in [0.717, 1.165) is 18.7 Å². The van der Waals surface area contributed by atoms with Crippen LogP contribution in [0.15, 0.2) is 6.33 Å². The van der Waals surface area contributed by atoms with Gasteiger partial charge in [-0.05, 0) is 6.42 Å². The Balaban J connectivity index is 1.61.